The number of halogens is 1. The van der Waals surface area contributed by atoms with Crippen LogP contribution in [0.1, 0.15) is 67.8 Å². The molecule has 0 fully saturated rings. The Morgan fingerprint density at radius 3 is 2.10 bits per heavy atom. The Morgan fingerprint density at radius 1 is 0.780 bits per heavy atom. The molecule has 2 aliphatic rings. The smallest absolute Gasteiger partial charge is 0.366 e. The van der Waals surface area contributed by atoms with Gasteiger partial charge in [0.1, 0.15) is 24.7 Å². The van der Waals surface area contributed by atoms with Gasteiger partial charge >= 0.3 is 17.9 Å². The number of hydrogen-bond acceptors (Lipinski definition) is 9. The van der Waals surface area contributed by atoms with Crippen molar-refractivity contribution < 1.29 is 47.5 Å². The van der Waals surface area contributed by atoms with Crippen molar-refractivity contribution in [3.8, 4) is 11.5 Å². The second-order valence-corrected chi connectivity index (χ2v) is 11.8. The van der Waals surface area contributed by atoms with Gasteiger partial charge < -0.3 is 23.8 Å². The Kier molecular flexibility index (Phi) is 14.8. The Balaban J connectivity index is 1.20. The third-order valence-electron chi connectivity index (χ3n) is 8.04. The van der Waals surface area contributed by atoms with Gasteiger partial charge in [0.05, 0.1) is 18.8 Å². The van der Waals surface area contributed by atoms with Crippen molar-refractivity contribution in [2.45, 2.75) is 51.9 Å². The molecule has 0 saturated heterocycles. The number of benzene rings is 2. The fraction of sp³-hybridized carbons (Fsp3) is 0.325. The summed E-state index contributed by atoms with van der Waals surface area (Å²) < 4.78 is 33.7. The molecule has 0 spiro atoms. The van der Waals surface area contributed by atoms with Gasteiger partial charge in [0, 0.05) is 12.0 Å². The van der Waals surface area contributed by atoms with E-state index in [1.54, 1.807) is 36.4 Å². The summed E-state index contributed by atoms with van der Waals surface area (Å²) >= 11 is 0. The van der Waals surface area contributed by atoms with E-state index in [0.717, 1.165) is 56.6 Å². The van der Waals surface area contributed by atoms with Gasteiger partial charge in [-0.3, -0.25) is 0 Å². The Hall–Kier alpha value is -5.22. The Labute approximate surface area is 292 Å². The zero-order chi connectivity index (χ0) is 35.7. The molecule has 9 nitrogen and oxygen atoms in total. The summed E-state index contributed by atoms with van der Waals surface area (Å²) in [7, 11) is 0. The number of unbranched alkanes of at least 4 members (excludes halogenated alkanes) is 3. The molecule has 2 aliphatic carbocycles. The van der Waals surface area contributed by atoms with Gasteiger partial charge in [-0.05, 0) is 110 Å². The molecule has 0 heterocycles. The highest BCUT2D eigenvalue weighted by Gasteiger charge is 2.22. The molecule has 1 unspecified atom stereocenters. The Bertz CT molecular complexity index is 1630. The molecule has 2 aromatic carbocycles. The maximum Gasteiger partial charge on any atom is 0.366 e. The fourth-order valence-corrected chi connectivity index (χ4v) is 5.28. The van der Waals surface area contributed by atoms with Crippen LogP contribution in [0.5, 0.6) is 11.5 Å². The lowest BCUT2D eigenvalue weighted by Crippen LogP contribution is -2.14. The maximum atomic E-state index is 12.9. The molecule has 264 valence electrons. The summed E-state index contributed by atoms with van der Waals surface area (Å²) in [6, 6.07) is 14.4. The van der Waals surface area contributed by atoms with Crippen LogP contribution in [0, 0.1) is 5.92 Å². The van der Waals surface area contributed by atoms with Crippen LogP contribution in [0.4, 0.5) is 4.39 Å². The molecular formula is C40H43FO9. The van der Waals surface area contributed by atoms with Crippen molar-refractivity contribution in [2.24, 2.45) is 5.92 Å². The van der Waals surface area contributed by atoms with Crippen molar-refractivity contribution in [3.05, 3.63) is 126 Å². The molecule has 0 aliphatic heterocycles. The van der Waals surface area contributed by atoms with Crippen LogP contribution >= 0.6 is 0 Å². The van der Waals surface area contributed by atoms with E-state index >= 15 is 0 Å². The number of ether oxygens (including phenoxy) is 4. The third-order valence-corrected chi connectivity index (χ3v) is 8.04. The van der Waals surface area contributed by atoms with Gasteiger partial charge in [-0.15, -0.1) is 0 Å². The zero-order valence-corrected chi connectivity index (χ0v) is 28.3. The van der Waals surface area contributed by atoms with Gasteiger partial charge in [0.2, 0.25) is 5.83 Å². The van der Waals surface area contributed by atoms with Crippen LogP contribution in [-0.4, -0.2) is 44.3 Å². The predicted octanol–water partition coefficient (Wildman–Crippen LogP) is 8.50. The summed E-state index contributed by atoms with van der Waals surface area (Å²) in [6.07, 6.45) is 15.5. The van der Waals surface area contributed by atoms with E-state index in [-0.39, 0.29) is 19.1 Å². The normalized spacial score (nSPS) is 15.4. The largest absolute Gasteiger partial charge is 0.494 e. The molecule has 0 bridgehead atoms. The minimum Gasteiger partial charge on any atom is -0.494 e. The SMILES string of the molecule is C=CC(=O)OCCCCCCOc1ccc(C(=O)OC2=CC=C(C3=CC=C(c4ccc(OOCCOC(=O)C(=C)F)cc4)CC3)CC2C)cc1. The molecule has 0 N–H and O–H groups in total. The number of hydrogen-bond donors (Lipinski definition) is 0. The first-order valence-electron chi connectivity index (χ1n) is 16.7. The molecule has 0 amide bonds. The number of rotatable bonds is 19. The minimum absolute atomic E-state index is 0.0480. The van der Waals surface area contributed by atoms with Crippen molar-refractivity contribution in [2.75, 3.05) is 26.4 Å². The van der Waals surface area contributed by atoms with Crippen molar-refractivity contribution in [1.82, 2.24) is 0 Å². The lowest BCUT2D eigenvalue weighted by atomic mass is 9.84. The first kappa shape index (κ1) is 37.6. The summed E-state index contributed by atoms with van der Waals surface area (Å²) in [5.41, 5.74) is 5.22. The molecule has 0 saturated carbocycles. The van der Waals surface area contributed by atoms with Gasteiger partial charge in [-0.25, -0.2) is 14.4 Å². The van der Waals surface area contributed by atoms with E-state index in [9.17, 15) is 18.8 Å². The molecule has 0 radical (unpaired) electrons. The highest BCUT2D eigenvalue weighted by atomic mass is 19.1. The molecule has 1 atom stereocenters. The molecular weight excluding hydrogens is 643 g/mol. The average Bonchev–Trinajstić information content (AvgIpc) is 3.13. The number of carbonyl (C=O) groups excluding carboxylic acids is 3. The topological polar surface area (TPSA) is 107 Å². The number of carbonyl (C=O) groups is 3. The van der Waals surface area contributed by atoms with Gasteiger partial charge in [0.15, 0.2) is 5.75 Å². The van der Waals surface area contributed by atoms with E-state index in [0.29, 0.717) is 36.0 Å². The first-order valence-corrected chi connectivity index (χ1v) is 16.7. The minimum atomic E-state index is -1.16. The average molecular weight is 687 g/mol. The van der Waals surface area contributed by atoms with Gasteiger partial charge in [0.25, 0.3) is 0 Å². The van der Waals surface area contributed by atoms with Crippen LogP contribution in [0.15, 0.2) is 115 Å². The second kappa shape index (κ2) is 19.7. The maximum absolute atomic E-state index is 12.9. The van der Waals surface area contributed by atoms with Crippen molar-refractivity contribution in [1.29, 1.82) is 0 Å². The first-order chi connectivity index (χ1) is 24.2. The van der Waals surface area contributed by atoms with E-state index in [4.69, 9.17) is 24.0 Å². The molecule has 0 aromatic heterocycles. The monoisotopic (exact) mass is 686 g/mol. The van der Waals surface area contributed by atoms with Gasteiger partial charge in [-0.2, -0.15) is 9.28 Å². The lowest BCUT2D eigenvalue weighted by molar-refractivity contribution is -0.215. The third kappa shape index (κ3) is 12.0. The van der Waals surface area contributed by atoms with Crippen LogP contribution in [0.3, 0.4) is 0 Å². The summed E-state index contributed by atoms with van der Waals surface area (Å²) in [6.45, 7) is 9.04. The quantitative estimate of drug-likeness (QED) is 0.0359. The zero-order valence-electron chi connectivity index (χ0n) is 28.3. The standard InChI is InChI=1S/C40H43FO9/c1-4-38(42)46-24-8-6-5-7-23-45-35-18-15-33(16-19-35)40(44)49-37-22-17-34(27-28(37)2)32-11-9-30(10-12-32)31-13-20-36(21-14-31)50-48-26-25-47-39(43)29(3)41/h4,9,11,13-22,28H,1,3,5-8,10,12,23-27H2,2H3. The lowest BCUT2D eigenvalue weighted by Gasteiger charge is -2.24. The van der Waals surface area contributed by atoms with Crippen molar-refractivity contribution >= 4 is 23.5 Å². The van der Waals surface area contributed by atoms with Crippen LogP contribution in [0.25, 0.3) is 5.57 Å². The van der Waals surface area contributed by atoms with Crippen LogP contribution in [-0.2, 0) is 28.7 Å². The van der Waals surface area contributed by atoms with Crippen LogP contribution in [0.2, 0.25) is 0 Å². The number of allylic oxidation sites excluding steroid dienone is 8. The van der Waals surface area contributed by atoms with E-state index in [1.165, 1.54) is 16.7 Å². The molecule has 4 rings (SSSR count). The second-order valence-electron chi connectivity index (χ2n) is 11.8. The van der Waals surface area contributed by atoms with E-state index in [1.807, 2.05) is 24.3 Å². The summed E-state index contributed by atoms with van der Waals surface area (Å²) in [4.78, 5) is 45.1. The van der Waals surface area contributed by atoms with Gasteiger partial charge in [-0.1, -0.05) is 50.4 Å². The van der Waals surface area contributed by atoms with Crippen LogP contribution < -0.4 is 9.62 Å². The molecule has 10 heteroatoms. The van der Waals surface area contributed by atoms with E-state index in [2.05, 4.69) is 37.0 Å². The molecule has 2 aromatic rings. The summed E-state index contributed by atoms with van der Waals surface area (Å²) in [5, 5.41) is 0. The van der Waals surface area contributed by atoms with E-state index < -0.39 is 23.7 Å². The molecule has 50 heavy (non-hydrogen) atoms. The Morgan fingerprint density at radius 2 is 1.44 bits per heavy atom. The number of esters is 3. The fourth-order valence-electron chi connectivity index (χ4n) is 5.28. The van der Waals surface area contributed by atoms with Crippen molar-refractivity contribution in [3.63, 3.8) is 0 Å². The summed E-state index contributed by atoms with van der Waals surface area (Å²) in [5.74, 6) is -1.22. The highest BCUT2D eigenvalue weighted by Crippen LogP contribution is 2.36. The predicted molar refractivity (Wildman–Crippen MR) is 186 cm³/mol. The highest BCUT2D eigenvalue weighted by molar-refractivity contribution is 5.90.